The number of halogens is 1. The van der Waals surface area contributed by atoms with Crippen molar-refractivity contribution in [2.24, 2.45) is 4.99 Å². The molecule has 6 rings (SSSR count). The summed E-state index contributed by atoms with van der Waals surface area (Å²) in [4.78, 5) is 32.6. The van der Waals surface area contributed by atoms with Gasteiger partial charge in [-0.2, -0.15) is 0 Å². The molecule has 3 heterocycles. The summed E-state index contributed by atoms with van der Waals surface area (Å²) in [6.07, 6.45) is 1.73. The van der Waals surface area contributed by atoms with E-state index in [1.54, 1.807) is 10.6 Å². The standard InChI is InChI=1S/C31H22BrN3O3S/c1-19-27(29(36)34-23-10-6-3-7-11-23)28(21-8-4-2-5-9-21)35-30(37)26(39-31(35)33-19)18-24-16-17-25(38-24)20-12-14-22(32)15-13-20/h2-18,28H,1H3,(H,34,36)/t28-/m0/s1. The number of thiazole rings is 1. The molecule has 2 aromatic heterocycles. The number of nitrogens with one attached hydrogen (secondary N) is 1. The van der Waals surface area contributed by atoms with Crippen molar-refractivity contribution in [1.29, 1.82) is 0 Å². The lowest BCUT2D eigenvalue weighted by Crippen LogP contribution is -2.40. The Kier molecular flexibility index (Phi) is 6.72. The Balaban J connectivity index is 1.44. The molecule has 1 aliphatic rings. The van der Waals surface area contributed by atoms with Crippen molar-refractivity contribution in [3.63, 3.8) is 0 Å². The van der Waals surface area contributed by atoms with E-state index in [0.717, 1.165) is 15.6 Å². The van der Waals surface area contributed by atoms with Crippen LogP contribution in [0.15, 0.2) is 127 Å². The summed E-state index contributed by atoms with van der Waals surface area (Å²) in [5, 5.41) is 2.97. The number of carbonyl (C=O) groups is 1. The predicted molar refractivity (Wildman–Crippen MR) is 157 cm³/mol. The maximum atomic E-state index is 13.8. The fraction of sp³-hybridized carbons (Fsp3) is 0.0645. The average molecular weight is 597 g/mol. The van der Waals surface area contributed by atoms with E-state index in [1.165, 1.54) is 11.3 Å². The number of anilines is 1. The topological polar surface area (TPSA) is 76.6 Å². The molecule has 8 heteroatoms. The Morgan fingerprint density at radius 3 is 2.38 bits per heavy atom. The molecule has 6 nitrogen and oxygen atoms in total. The number of para-hydroxylation sites is 1. The monoisotopic (exact) mass is 595 g/mol. The number of amides is 1. The Hall–Kier alpha value is -4.27. The quantitative estimate of drug-likeness (QED) is 0.275. The molecule has 0 saturated carbocycles. The molecule has 0 unspecified atom stereocenters. The zero-order chi connectivity index (χ0) is 26.9. The normalized spacial score (nSPS) is 15.1. The molecule has 39 heavy (non-hydrogen) atoms. The number of hydrogen-bond acceptors (Lipinski definition) is 5. The van der Waals surface area contributed by atoms with Crippen LogP contribution in [0.1, 0.15) is 24.3 Å². The minimum atomic E-state index is -0.622. The lowest BCUT2D eigenvalue weighted by Gasteiger charge is -2.25. The van der Waals surface area contributed by atoms with Crippen molar-refractivity contribution in [2.45, 2.75) is 13.0 Å². The largest absolute Gasteiger partial charge is 0.457 e. The zero-order valence-electron chi connectivity index (χ0n) is 20.8. The van der Waals surface area contributed by atoms with Gasteiger partial charge >= 0.3 is 0 Å². The second-order valence-corrected chi connectivity index (χ2v) is 10.9. The fourth-order valence-corrected chi connectivity index (χ4v) is 5.90. The van der Waals surface area contributed by atoms with Gasteiger partial charge in [0.05, 0.1) is 21.8 Å². The van der Waals surface area contributed by atoms with Gasteiger partial charge in [0.1, 0.15) is 11.5 Å². The number of aromatic nitrogens is 1. The van der Waals surface area contributed by atoms with Gasteiger partial charge in [-0.15, -0.1) is 0 Å². The van der Waals surface area contributed by atoms with Crippen molar-refractivity contribution in [2.75, 3.05) is 5.32 Å². The number of benzene rings is 3. The van der Waals surface area contributed by atoms with Crippen molar-refractivity contribution in [3.05, 3.63) is 144 Å². The van der Waals surface area contributed by atoms with Gasteiger partial charge in [0, 0.05) is 21.8 Å². The third-order valence-corrected chi connectivity index (χ3v) is 7.95. The van der Waals surface area contributed by atoms with Crippen LogP contribution < -0.4 is 20.2 Å². The summed E-state index contributed by atoms with van der Waals surface area (Å²) in [7, 11) is 0. The number of rotatable bonds is 5. The van der Waals surface area contributed by atoms with E-state index in [-0.39, 0.29) is 11.5 Å². The highest BCUT2D eigenvalue weighted by Gasteiger charge is 2.32. The van der Waals surface area contributed by atoms with Gasteiger partial charge in [0.15, 0.2) is 4.80 Å². The van der Waals surface area contributed by atoms with Crippen LogP contribution in [0.5, 0.6) is 0 Å². The molecular weight excluding hydrogens is 574 g/mol. The number of carbonyl (C=O) groups excluding carboxylic acids is 1. The molecule has 1 aliphatic heterocycles. The molecule has 1 amide bonds. The van der Waals surface area contributed by atoms with Gasteiger partial charge in [-0.25, -0.2) is 4.99 Å². The number of hydrogen-bond donors (Lipinski definition) is 1. The summed E-state index contributed by atoms with van der Waals surface area (Å²) in [5.41, 5.74) is 3.21. The molecule has 0 saturated heterocycles. The van der Waals surface area contributed by atoms with Crippen molar-refractivity contribution in [1.82, 2.24) is 4.57 Å². The van der Waals surface area contributed by atoms with E-state index < -0.39 is 6.04 Å². The summed E-state index contributed by atoms with van der Waals surface area (Å²) in [5.74, 6) is 0.974. The molecule has 1 atom stereocenters. The Labute approximate surface area is 236 Å². The molecule has 0 aliphatic carbocycles. The number of allylic oxidation sites excluding steroid dienone is 1. The molecule has 0 spiro atoms. The van der Waals surface area contributed by atoms with Gasteiger partial charge < -0.3 is 9.73 Å². The first kappa shape index (κ1) is 25.0. The Morgan fingerprint density at radius 2 is 1.67 bits per heavy atom. The van der Waals surface area contributed by atoms with Crippen LogP contribution in [0.2, 0.25) is 0 Å². The summed E-state index contributed by atoms with van der Waals surface area (Å²) in [6, 6.07) is 29.8. The molecular formula is C31H22BrN3O3S. The molecule has 3 aromatic carbocycles. The highest BCUT2D eigenvalue weighted by atomic mass is 79.9. The van der Waals surface area contributed by atoms with Gasteiger partial charge in [-0.3, -0.25) is 14.2 Å². The molecule has 0 radical (unpaired) electrons. The van der Waals surface area contributed by atoms with Crippen LogP contribution >= 0.6 is 27.3 Å². The van der Waals surface area contributed by atoms with Crippen LogP contribution in [-0.4, -0.2) is 10.5 Å². The minimum absolute atomic E-state index is 0.230. The lowest BCUT2D eigenvalue weighted by atomic mass is 9.95. The van der Waals surface area contributed by atoms with E-state index in [2.05, 4.69) is 21.2 Å². The first-order chi connectivity index (χ1) is 19.0. The smallest absolute Gasteiger partial charge is 0.271 e. The third kappa shape index (κ3) is 4.96. The highest BCUT2D eigenvalue weighted by molar-refractivity contribution is 9.10. The van der Waals surface area contributed by atoms with Gasteiger partial charge in [0.25, 0.3) is 11.5 Å². The molecule has 192 valence electrons. The highest BCUT2D eigenvalue weighted by Crippen LogP contribution is 2.31. The number of fused-ring (bicyclic) bond motifs is 1. The molecule has 1 N–H and O–H groups in total. The Bertz CT molecular complexity index is 1890. The molecule has 0 bridgehead atoms. The maximum Gasteiger partial charge on any atom is 0.271 e. The van der Waals surface area contributed by atoms with Gasteiger partial charge in [-0.05, 0) is 48.9 Å². The van der Waals surface area contributed by atoms with Crippen LogP contribution in [-0.2, 0) is 4.79 Å². The Morgan fingerprint density at radius 1 is 0.974 bits per heavy atom. The second-order valence-electron chi connectivity index (χ2n) is 9.02. The summed E-state index contributed by atoms with van der Waals surface area (Å²) < 4.78 is 9.11. The van der Waals surface area contributed by atoms with Crippen LogP contribution in [0.4, 0.5) is 5.69 Å². The number of furan rings is 1. The van der Waals surface area contributed by atoms with E-state index >= 15 is 0 Å². The lowest BCUT2D eigenvalue weighted by molar-refractivity contribution is -0.113. The predicted octanol–water partition coefficient (Wildman–Crippen LogP) is 5.90. The van der Waals surface area contributed by atoms with E-state index in [1.807, 2.05) is 104 Å². The second kappa shape index (κ2) is 10.5. The van der Waals surface area contributed by atoms with Crippen molar-refractivity contribution < 1.29 is 9.21 Å². The van der Waals surface area contributed by atoms with Crippen molar-refractivity contribution in [3.8, 4) is 11.3 Å². The van der Waals surface area contributed by atoms with Gasteiger partial charge in [0.2, 0.25) is 0 Å². The SMILES string of the molecule is CC1=C(C(=O)Nc2ccccc2)[C@H](c2ccccc2)n2c(sc(=Cc3ccc(-c4ccc(Br)cc4)o3)c2=O)=N1. The molecule has 5 aromatic rings. The van der Waals surface area contributed by atoms with Crippen molar-refractivity contribution >= 4 is 44.9 Å². The molecule has 0 fully saturated rings. The average Bonchev–Trinajstić information content (AvgIpc) is 3.53. The van der Waals surface area contributed by atoms with E-state index in [0.29, 0.717) is 37.8 Å². The van der Waals surface area contributed by atoms with Crippen LogP contribution in [0.25, 0.3) is 17.4 Å². The summed E-state index contributed by atoms with van der Waals surface area (Å²) >= 11 is 4.73. The first-order valence-electron chi connectivity index (χ1n) is 12.3. The zero-order valence-corrected chi connectivity index (χ0v) is 23.2. The van der Waals surface area contributed by atoms with E-state index in [9.17, 15) is 9.59 Å². The van der Waals surface area contributed by atoms with E-state index in [4.69, 9.17) is 9.41 Å². The minimum Gasteiger partial charge on any atom is -0.457 e. The fourth-order valence-electron chi connectivity index (χ4n) is 4.61. The number of nitrogens with zero attached hydrogens (tertiary/aromatic N) is 2. The third-order valence-electron chi connectivity index (χ3n) is 6.44. The van der Waals surface area contributed by atoms with Gasteiger partial charge in [-0.1, -0.05) is 87.9 Å². The van der Waals surface area contributed by atoms with Crippen LogP contribution in [0, 0.1) is 0 Å². The first-order valence-corrected chi connectivity index (χ1v) is 13.9. The maximum absolute atomic E-state index is 13.8. The summed E-state index contributed by atoms with van der Waals surface area (Å²) in [6.45, 7) is 1.81. The van der Waals surface area contributed by atoms with Crippen LogP contribution in [0.3, 0.4) is 0 Å².